The third-order valence-corrected chi connectivity index (χ3v) is 5.14. The molecule has 27 heavy (non-hydrogen) atoms. The Morgan fingerprint density at radius 3 is 2.63 bits per heavy atom. The quantitative estimate of drug-likeness (QED) is 0.478. The van der Waals surface area contributed by atoms with E-state index < -0.39 is 23.0 Å². The van der Waals surface area contributed by atoms with E-state index in [9.17, 15) is 19.7 Å². The van der Waals surface area contributed by atoms with Gasteiger partial charge in [0.15, 0.2) is 0 Å². The van der Waals surface area contributed by atoms with Crippen molar-refractivity contribution in [1.29, 1.82) is 0 Å². The van der Waals surface area contributed by atoms with Gasteiger partial charge in [-0.1, -0.05) is 19.1 Å². The van der Waals surface area contributed by atoms with Gasteiger partial charge in [-0.2, -0.15) is 0 Å². The topological polar surface area (TPSA) is 111 Å². The fourth-order valence-corrected chi connectivity index (χ4v) is 3.59. The third kappa shape index (κ3) is 4.27. The van der Waals surface area contributed by atoms with E-state index in [2.05, 4.69) is 17.6 Å². The van der Waals surface area contributed by atoms with Crippen molar-refractivity contribution in [2.75, 3.05) is 0 Å². The minimum absolute atomic E-state index is 0.105. The Morgan fingerprint density at radius 1 is 1.26 bits per heavy atom. The largest absolute Gasteiger partial charge is 0.459 e. The Kier molecular flexibility index (Phi) is 5.43. The summed E-state index contributed by atoms with van der Waals surface area (Å²) in [5.74, 6) is 0.130. The molecule has 8 heteroatoms. The van der Waals surface area contributed by atoms with Gasteiger partial charge in [0.25, 0.3) is 5.69 Å². The molecule has 3 rings (SSSR count). The van der Waals surface area contributed by atoms with Gasteiger partial charge >= 0.3 is 12.0 Å². The van der Waals surface area contributed by atoms with Gasteiger partial charge in [0, 0.05) is 17.8 Å². The van der Waals surface area contributed by atoms with Gasteiger partial charge in [0.2, 0.25) is 0 Å². The van der Waals surface area contributed by atoms with Gasteiger partial charge in [0.1, 0.15) is 6.10 Å². The van der Waals surface area contributed by atoms with Crippen LogP contribution in [0.5, 0.6) is 0 Å². The van der Waals surface area contributed by atoms with Gasteiger partial charge in [0.05, 0.1) is 16.5 Å². The Bertz CT molecular complexity index is 796. The molecule has 144 valence electrons. The second-order valence-corrected chi connectivity index (χ2v) is 7.21. The fourth-order valence-electron chi connectivity index (χ4n) is 3.59. The van der Waals surface area contributed by atoms with Crippen molar-refractivity contribution in [3.8, 4) is 0 Å². The van der Waals surface area contributed by atoms with E-state index in [4.69, 9.17) is 4.74 Å². The normalized spacial score (nSPS) is 25.4. The van der Waals surface area contributed by atoms with Crippen molar-refractivity contribution < 1.29 is 19.2 Å². The number of carbonyl (C=O) groups is 2. The van der Waals surface area contributed by atoms with Crippen LogP contribution >= 0.6 is 0 Å². The van der Waals surface area contributed by atoms with E-state index in [1.165, 1.54) is 18.2 Å². The molecule has 0 radical (unpaired) electrons. The Morgan fingerprint density at radius 2 is 1.96 bits per heavy atom. The summed E-state index contributed by atoms with van der Waals surface area (Å²) in [5, 5.41) is 16.3. The van der Waals surface area contributed by atoms with E-state index in [0.717, 1.165) is 25.7 Å². The number of nitrogens with one attached hydrogen (secondary N) is 2. The van der Waals surface area contributed by atoms with Crippen LogP contribution in [0, 0.1) is 16.0 Å². The highest BCUT2D eigenvalue weighted by Crippen LogP contribution is 2.32. The lowest BCUT2D eigenvalue weighted by molar-refractivity contribution is -0.384. The van der Waals surface area contributed by atoms with Crippen LogP contribution in [0.1, 0.15) is 51.1 Å². The molecule has 1 aromatic carbocycles. The summed E-state index contributed by atoms with van der Waals surface area (Å²) >= 11 is 0. The molecular weight excluding hydrogens is 350 g/mol. The number of nitrogens with zero attached hydrogens (tertiary/aromatic N) is 1. The first kappa shape index (κ1) is 18.9. The maximum Gasteiger partial charge on any atom is 0.338 e. The summed E-state index contributed by atoms with van der Waals surface area (Å²) in [7, 11) is 0. The number of amides is 2. The molecule has 0 aromatic heterocycles. The zero-order chi connectivity index (χ0) is 19.6. The van der Waals surface area contributed by atoms with Gasteiger partial charge in [-0.3, -0.25) is 10.1 Å². The minimum atomic E-state index is -0.798. The first-order chi connectivity index (χ1) is 12.8. The summed E-state index contributed by atoms with van der Waals surface area (Å²) in [6.45, 7) is 3.81. The molecule has 2 amide bonds. The highest BCUT2D eigenvalue weighted by molar-refractivity contribution is 5.95. The molecule has 1 atom stereocenters. The van der Waals surface area contributed by atoms with Crippen LogP contribution in [-0.4, -0.2) is 23.0 Å². The average Bonchev–Trinajstić information content (AvgIpc) is 2.63. The summed E-state index contributed by atoms with van der Waals surface area (Å²) in [6, 6.07) is 4.64. The number of hydrogen-bond donors (Lipinski definition) is 2. The molecule has 1 aliphatic carbocycles. The Balaban J connectivity index is 1.86. The Hall–Kier alpha value is -2.90. The predicted molar refractivity (Wildman–Crippen MR) is 97.7 cm³/mol. The summed E-state index contributed by atoms with van der Waals surface area (Å²) in [4.78, 5) is 35.4. The molecule has 1 aromatic rings. The van der Waals surface area contributed by atoms with Crippen LogP contribution in [-0.2, 0) is 9.53 Å². The SMILES string of the molecule is CC1=C(C(=O)OC2CCC(C)CC2)[C@H](c2cccc([N+](=O)[O-])c2)NC(=O)N1. The number of nitro benzene ring substituents is 1. The van der Waals surface area contributed by atoms with Crippen LogP contribution in [0.2, 0.25) is 0 Å². The third-order valence-electron chi connectivity index (χ3n) is 5.14. The molecule has 8 nitrogen and oxygen atoms in total. The predicted octanol–water partition coefficient (Wildman–Crippen LogP) is 3.34. The lowest BCUT2D eigenvalue weighted by atomic mass is 9.88. The monoisotopic (exact) mass is 373 g/mol. The zero-order valence-electron chi connectivity index (χ0n) is 15.4. The second-order valence-electron chi connectivity index (χ2n) is 7.21. The van der Waals surface area contributed by atoms with Crippen molar-refractivity contribution in [1.82, 2.24) is 10.6 Å². The van der Waals surface area contributed by atoms with Crippen LogP contribution in [0.15, 0.2) is 35.5 Å². The summed E-state index contributed by atoms with van der Waals surface area (Å²) in [6.07, 6.45) is 3.52. The van der Waals surface area contributed by atoms with Crippen molar-refractivity contribution in [2.24, 2.45) is 5.92 Å². The average molecular weight is 373 g/mol. The van der Waals surface area contributed by atoms with Crippen LogP contribution in [0.25, 0.3) is 0 Å². The minimum Gasteiger partial charge on any atom is -0.459 e. The van der Waals surface area contributed by atoms with Gasteiger partial charge in [-0.15, -0.1) is 0 Å². The van der Waals surface area contributed by atoms with Gasteiger partial charge < -0.3 is 15.4 Å². The molecule has 0 bridgehead atoms. The maximum atomic E-state index is 12.9. The molecule has 0 saturated heterocycles. The zero-order valence-corrected chi connectivity index (χ0v) is 15.4. The summed E-state index contributed by atoms with van der Waals surface area (Å²) < 4.78 is 5.69. The van der Waals surface area contributed by atoms with E-state index in [0.29, 0.717) is 17.2 Å². The van der Waals surface area contributed by atoms with Gasteiger partial charge in [-0.05, 0) is 44.1 Å². The first-order valence-corrected chi connectivity index (χ1v) is 9.08. The number of ether oxygens (including phenoxy) is 1. The molecule has 2 aliphatic rings. The number of benzene rings is 1. The van der Waals surface area contributed by atoms with E-state index in [-0.39, 0.29) is 17.4 Å². The summed E-state index contributed by atoms with van der Waals surface area (Å²) in [5.41, 5.74) is 1.02. The number of carbonyl (C=O) groups excluding carboxylic acids is 2. The van der Waals surface area contributed by atoms with E-state index in [1.54, 1.807) is 13.0 Å². The number of urea groups is 1. The van der Waals surface area contributed by atoms with Crippen LogP contribution < -0.4 is 10.6 Å². The lowest BCUT2D eigenvalue weighted by Gasteiger charge is -2.31. The number of rotatable bonds is 4. The number of non-ortho nitro benzene ring substituents is 1. The Labute approximate surface area is 157 Å². The fraction of sp³-hybridized carbons (Fsp3) is 0.474. The standard InChI is InChI=1S/C19H23N3O5/c1-11-6-8-15(9-7-11)27-18(23)16-12(2)20-19(24)21-17(16)13-4-3-5-14(10-13)22(25)26/h3-5,10-11,15,17H,6-9H2,1-2H3,(H2,20,21,24)/t11?,15?,17-/m0/s1. The highest BCUT2D eigenvalue weighted by atomic mass is 16.6. The molecule has 1 heterocycles. The van der Waals surface area contributed by atoms with Crippen LogP contribution in [0.4, 0.5) is 10.5 Å². The van der Waals surface area contributed by atoms with Crippen molar-refractivity contribution >= 4 is 17.7 Å². The van der Waals surface area contributed by atoms with Gasteiger partial charge in [-0.25, -0.2) is 9.59 Å². The smallest absolute Gasteiger partial charge is 0.338 e. The number of nitro groups is 1. The van der Waals surface area contributed by atoms with E-state index >= 15 is 0 Å². The lowest BCUT2D eigenvalue weighted by Crippen LogP contribution is -2.45. The number of hydrogen-bond acceptors (Lipinski definition) is 5. The highest BCUT2D eigenvalue weighted by Gasteiger charge is 2.34. The number of allylic oxidation sites excluding steroid dienone is 1. The number of esters is 1. The molecular formula is C19H23N3O5. The van der Waals surface area contributed by atoms with E-state index in [1.807, 2.05) is 0 Å². The molecule has 2 N–H and O–H groups in total. The van der Waals surface area contributed by atoms with Crippen LogP contribution in [0.3, 0.4) is 0 Å². The maximum absolute atomic E-state index is 12.9. The molecule has 1 aliphatic heterocycles. The van der Waals surface area contributed by atoms with Crippen molar-refractivity contribution in [2.45, 2.75) is 51.7 Å². The molecule has 0 unspecified atom stereocenters. The first-order valence-electron chi connectivity index (χ1n) is 9.08. The molecule has 0 spiro atoms. The second kappa shape index (κ2) is 7.77. The van der Waals surface area contributed by atoms with Crippen molar-refractivity contribution in [3.63, 3.8) is 0 Å². The van der Waals surface area contributed by atoms with Crippen molar-refractivity contribution in [3.05, 3.63) is 51.2 Å². The molecule has 1 saturated carbocycles. The molecule has 1 fully saturated rings.